The van der Waals surface area contributed by atoms with E-state index in [2.05, 4.69) is 58.7 Å². The Labute approximate surface area is 126 Å². The fourth-order valence-electron chi connectivity index (χ4n) is 1.62. The SMILES string of the molecule is CCC.Ic1cnn(-c2cc3ccccc3cn2)c1. The number of benzene rings is 1. The largest absolute Gasteiger partial charge is 0.236 e. The van der Waals surface area contributed by atoms with Gasteiger partial charge in [0, 0.05) is 17.8 Å². The molecule has 1 aromatic carbocycles. The predicted octanol–water partition coefficient (Wildman–Crippen LogP) is 4.44. The molecule has 0 N–H and O–H groups in total. The van der Waals surface area contributed by atoms with Crippen LogP contribution in [-0.2, 0) is 0 Å². The summed E-state index contributed by atoms with van der Waals surface area (Å²) in [6, 6.07) is 10.2. The normalized spacial score (nSPS) is 10.1. The number of hydrogen-bond acceptors (Lipinski definition) is 2. The van der Waals surface area contributed by atoms with Crippen LogP contribution in [0.4, 0.5) is 0 Å². The Kier molecular flexibility index (Phi) is 4.90. The standard InChI is InChI=1S/C12H8IN3.C3H8/c13-11-7-15-16(8-11)12-5-9-3-1-2-4-10(9)6-14-12;1-3-2/h1-8H;3H2,1-2H3. The van der Waals surface area contributed by atoms with Gasteiger partial charge in [-0.2, -0.15) is 5.10 Å². The molecule has 0 bridgehead atoms. The maximum Gasteiger partial charge on any atom is 0.153 e. The van der Waals surface area contributed by atoms with Crippen LogP contribution in [0.5, 0.6) is 0 Å². The van der Waals surface area contributed by atoms with Crippen LogP contribution in [0.1, 0.15) is 20.3 Å². The molecule has 4 heteroatoms. The van der Waals surface area contributed by atoms with E-state index in [9.17, 15) is 0 Å². The Morgan fingerprint density at radius 1 is 1.11 bits per heavy atom. The number of pyridine rings is 1. The third-order valence-corrected chi connectivity index (χ3v) is 2.96. The van der Waals surface area contributed by atoms with Crippen LogP contribution in [-0.4, -0.2) is 14.8 Å². The first-order valence-corrected chi connectivity index (χ1v) is 7.37. The molecule has 0 aliphatic heterocycles. The van der Waals surface area contributed by atoms with E-state index in [1.54, 1.807) is 4.68 Å². The first-order chi connectivity index (χ1) is 9.24. The van der Waals surface area contributed by atoms with Crippen molar-refractivity contribution in [3.8, 4) is 5.82 Å². The van der Waals surface area contributed by atoms with Gasteiger partial charge < -0.3 is 0 Å². The van der Waals surface area contributed by atoms with E-state index in [0.717, 1.165) is 14.8 Å². The third kappa shape index (κ3) is 3.53. The van der Waals surface area contributed by atoms with E-state index in [1.807, 2.05) is 36.8 Å². The summed E-state index contributed by atoms with van der Waals surface area (Å²) in [6.07, 6.45) is 6.90. The van der Waals surface area contributed by atoms with Crippen molar-refractivity contribution in [3.05, 3.63) is 52.5 Å². The molecule has 0 aliphatic carbocycles. The molecule has 2 aromatic heterocycles. The predicted molar refractivity (Wildman–Crippen MR) is 87.5 cm³/mol. The molecule has 0 fully saturated rings. The van der Waals surface area contributed by atoms with Crippen molar-refractivity contribution < 1.29 is 0 Å². The van der Waals surface area contributed by atoms with Crippen molar-refractivity contribution in [2.75, 3.05) is 0 Å². The number of aromatic nitrogens is 3. The number of hydrogen-bond donors (Lipinski definition) is 0. The third-order valence-electron chi connectivity index (χ3n) is 2.40. The van der Waals surface area contributed by atoms with Crippen LogP contribution >= 0.6 is 22.6 Å². The van der Waals surface area contributed by atoms with Crippen molar-refractivity contribution in [2.24, 2.45) is 0 Å². The van der Waals surface area contributed by atoms with Crippen LogP contribution in [0.25, 0.3) is 16.6 Å². The molecule has 3 aromatic rings. The van der Waals surface area contributed by atoms with Gasteiger partial charge in [-0.1, -0.05) is 44.5 Å². The lowest BCUT2D eigenvalue weighted by Crippen LogP contribution is -1.97. The first kappa shape index (κ1) is 14.0. The van der Waals surface area contributed by atoms with Crippen LogP contribution in [0.2, 0.25) is 0 Å². The molecule has 0 saturated carbocycles. The maximum absolute atomic E-state index is 4.39. The average Bonchev–Trinajstić information content (AvgIpc) is 2.86. The Morgan fingerprint density at radius 3 is 2.42 bits per heavy atom. The quantitative estimate of drug-likeness (QED) is 0.597. The molecule has 0 atom stereocenters. The van der Waals surface area contributed by atoms with Gasteiger partial charge in [-0.15, -0.1) is 0 Å². The van der Waals surface area contributed by atoms with Crippen molar-refractivity contribution >= 4 is 33.4 Å². The summed E-state index contributed by atoms with van der Waals surface area (Å²) < 4.78 is 2.89. The summed E-state index contributed by atoms with van der Waals surface area (Å²) in [7, 11) is 0. The lowest BCUT2D eigenvalue weighted by Gasteiger charge is -2.02. The highest BCUT2D eigenvalue weighted by Gasteiger charge is 2.01. The van der Waals surface area contributed by atoms with Gasteiger partial charge in [0.2, 0.25) is 0 Å². The number of fused-ring (bicyclic) bond motifs is 1. The van der Waals surface area contributed by atoms with Crippen LogP contribution in [0, 0.1) is 3.57 Å². The van der Waals surface area contributed by atoms with Crippen LogP contribution < -0.4 is 0 Å². The number of nitrogens with zero attached hydrogens (tertiary/aromatic N) is 3. The molecule has 3 rings (SSSR count). The molecule has 0 unspecified atom stereocenters. The van der Waals surface area contributed by atoms with Crippen molar-refractivity contribution in [1.29, 1.82) is 0 Å². The minimum atomic E-state index is 0.849. The van der Waals surface area contributed by atoms with Gasteiger partial charge in [0.15, 0.2) is 5.82 Å². The first-order valence-electron chi connectivity index (χ1n) is 6.30. The van der Waals surface area contributed by atoms with Crippen LogP contribution in [0.3, 0.4) is 0 Å². The second-order valence-corrected chi connectivity index (χ2v) is 5.45. The molecule has 0 spiro atoms. The summed E-state index contributed by atoms with van der Waals surface area (Å²) in [5.41, 5.74) is 0. The number of rotatable bonds is 1. The van der Waals surface area contributed by atoms with Gasteiger partial charge >= 0.3 is 0 Å². The molecule has 0 radical (unpaired) electrons. The second kappa shape index (κ2) is 6.65. The summed E-state index contributed by atoms with van der Waals surface area (Å²) in [6.45, 7) is 4.25. The highest BCUT2D eigenvalue weighted by atomic mass is 127. The number of halogens is 1. The molecule has 0 aliphatic rings. The Bertz CT molecular complexity index is 661. The average molecular weight is 365 g/mol. The van der Waals surface area contributed by atoms with E-state index in [4.69, 9.17) is 0 Å². The van der Waals surface area contributed by atoms with Gasteiger partial charge in [0.25, 0.3) is 0 Å². The monoisotopic (exact) mass is 365 g/mol. The highest BCUT2D eigenvalue weighted by Crippen LogP contribution is 2.15. The summed E-state index contributed by atoms with van der Waals surface area (Å²) in [5, 5.41) is 6.56. The fraction of sp³-hybridized carbons (Fsp3) is 0.200. The molecule has 98 valence electrons. The van der Waals surface area contributed by atoms with Gasteiger partial charge in [-0.3, -0.25) is 0 Å². The lowest BCUT2D eigenvalue weighted by atomic mass is 10.2. The fourth-order valence-corrected chi connectivity index (χ4v) is 2.01. The zero-order chi connectivity index (χ0) is 13.7. The Hall–Kier alpha value is -1.43. The summed E-state index contributed by atoms with van der Waals surface area (Å²) in [4.78, 5) is 4.39. The summed E-state index contributed by atoms with van der Waals surface area (Å²) >= 11 is 2.23. The van der Waals surface area contributed by atoms with Crippen LogP contribution in [0.15, 0.2) is 48.9 Å². The molecular formula is C15H16IN3. The zero-order valence-electron chi connectivity index (χ0n) is 11.0. The lowest BCUT2D eigenvalue weighted by molar-refractivity contribution is 0.849. The molecule has 0 saturated heterocycles. The van der Waals surface area contributed by atoms with Crippen molar-refractivity contribution in [2.45, 2.75) is 20.3 Å². The van der Waals surface area contributed by atoms with Gasteiger partial charge in [0.05, 0.1) is 9.77 Å². The van der Waals surface area contributed by atoms with Crippen molar-refractivity contribution in [1.82, 2.24) is 14.8 Å². The van der Waals surface area contributed by atoms with E-state index in [-0.39, 0.29) is 0 Å². The van der Waals surface area contributed by atoms with E-state index < -0.39 is 0 Å². The van der Waals surface area contributed by atoms with E-state index in [0.29, 0.717) is 0 Å². The molecule has 2 heterocycles. The minimum absolute atomic E-state index is 0.849. The topological polar surface area (TPSA) is 30.7 Å². The van der Waals surface area contributed by atoms with Gasteiger partial charge in [-0.05, 0) is 34.0 Å². The molecular weight excluding hydrogens is 349 g/mol. The molecule has 19 heavy (non-hydrogen) atoms. The Morgan fingerprint density at radius 2 is 1.79 bits per heavy atom. The summed E-state index contributed by atoms with van der Waals surface area (Å²) in [5.74, 6) is 0.849. The highest BCUT2D eigenvalue weighted by molar-refractivity contribution is 14.1. The zero-order valence-corrected chi connectivity index (χ0v) is 13.2. The smallest absolute Gasteiger partial charge is 0.153 e. The van der Waals surface area contributed by atoms with Gasteiger partial charge in [-0.25, -0.2) is 9.67 Å². The Balaban J connectivity index is 0.000000408. The van der Waals surface area contributed by atoms with E-state index in [1.165, 1.54) is 11.8 Å². The second-order valence-electron chi connectivity index (χ2n) is 4.20. The maximum atomic E-state index is 4.39. The van der Waals surface area contributed by atoms with Crippen molar-refractivity contribution in [3.63, 3.8) is 0 Å². The van der Waals surface area contributed by atoms with Gasteiger partial charge in [0.1, 0.15) is 0 Å². The molecule has 3 nitrogen and oxygen atoms in total. The van der Waals surface area contributed by atoms with E-state index >= 15 is 0 Å². The molecule has 0 amide bonds. The minimum Gasteiger partial charge on any atom is -0.236 e.